The Hall–Kier alpha value is -2.63. The molecule has 9 nitrogen and oxygen atoms in total. The van der Waals surface area contributed by atoms with Gasteiger partial charge in [-0.15, -0.1) is 0 Å². The Bertz CT molecular complexity index is 1340. The Labute approximate surface area is 416 Å². The van der Waals surface area contributed by atoms with Crippen molar-refractivity contribution in [3.05, 3.63) is 85.1 Å². The van der Waals surface area contributed by atoms with E-state index in [9.17, 15) is 30.3 Å². The molecule has 68 heavy (non-hydrogen) atoms. The zero-order valence-electron chi connectivity index (χ0n) is 43.3. The van der Waals surface area contributed by atoms with Crippen molar-refractivity contribution in [2.24, 2.45) is 0 Å². The average molecular weight is 954 g/mol. The molecule has 1 fully saturated rings. The molecule has 1 heterocycles. The average Bonchev–Trinajstić information content (AvgIpc) is 3.34. The summed E-state index contributed by atoms with van der Waals surface area (Å²) in [6.45, 7) is 3.68. The summed E-state index contributed by atoms with van der Waals surface area (Å²) in [7, 11) is 0. The largest absolute Gasteiger partial charge is 0.394 e. The second-order valence-electron chi connectivity index (χ2n) is 19.0. The van der Waals surface area contributed by atoms with Crippen LogP contribution in [0.25, 0.3) is 0 Å². The predicted octanol–water partition coefficient (Wildman–Crippen LogP) is 13.5. The summed E-state index contributed by atoms with van der Waals surface area (Å²) < 4.78 is 11.2. The van der Waals surface area contributed by atoms with Crippen LogP contribution in [0.3, 0.4) is 0 Å². The number of allylic oxidation sites excluding steroid dienone is 14. The number of rotatable bonds is 46. The van der Waals surface area contributed by atoms with Crippen LogP contribution in [0, 0.1) is 0 Å². The molecule has 1 amide bonds. The van der Waals surface area contributed by atoms with Crippen LogP contribution in [0.1, 0.15) is 226 Å². The zero-order chi connectivity index (χ0) is 49.4. The summed E-state index contributed by atoms with van der Waals surface area (Å²) in [4.78, 5) is 13.0. The lowest BCUT2D eigenvalue weighted by Gasteiger charge is -2.40. The highest BCUT2D eigenvalue weighted by molar-refractivity contribution is 5.76. The number of hydrogen-bond donors (Lipinski definition) is 6. The number of unbranched alkanes of at least 4 members (excludes halogenated alkanes) is 22. The molecule has 9 heteroatoms. The molecule has 0 bridgehead atoms. The predicted molar refractivity (Wildman–Crippen MR) is 285 cm³/mol. The highest BCUT2D eigenvalue weighted by atomic mass is 16.7. The molecule has 1 saturated heterocycles. The van der Waals surface area contributed by atoms with Crippen LogP contribution in [-0.2, 0) is 14.3 Å². The number of nitrogens with one attached hydrogen (secondary N) is 1. The van der Waals surface area contributed by atoms with Crippen LogP contribution in [0.2, 0.25) is 0 Å². The Morgan fingerprint density at radius 2 is 0.912 bits per heavy atom. The van der Waals surface area contributed by atoms with Crippen LogP contribution in [-0.4, -0.2) is 87.5 Å². The van der Waals surface area contributed by atoms with Crippen LogP contribution < -0.4 is 5.32 Å². The van der Waals surface area contributed by atoms with Gasteiger partial charge in [-0.25, -0.2) is 0 Å². The molecule has 7 unspecified atom stereocenters. The molecule has 0 saturated carbocycles. The van der Waals surface area contributed by atoms with Gasteiger partial charge in [0.15, 0.2) is 6.29 Å². The molecule has 0 radical (unpaired) electrons. The van der Waals surface area contributed by atoms with Crippen LogP contribution in [0.15, 0.2) is 85.1 Å². The first-order valence-corrected chi connectivity index (χ1v) is 27.8. The molecule has 1 aliphatic rings. The Morgan fingerprint density at radius 3 is 1.35 bits per heavy atom. The van der Waals surface area contributed by atoms with Gasteiger partial charge < -0.3 is 40.3 Å². The van der Waals surface area contributed by atoms with Gasteiger partial charge in [0.1, 0.15) is 24.4 Å². The maximum atomic E-state index is 13.0. The summed E-state index contributed by atoms with van der Waals surface area (Å²) in [5.41, 5.74) is 0. The van der Waals surface area contributed by atoms with Gasteiger partial charge >= 0.3 is 0 Å². The molecule has 392 valence electrons. The van der Waals surface area contributed by atoms with E-state index in [-0.39, 0.29) is 12.5 Å². The van der Waals surface area contributed by atoms with Gasteiger partial charge in [0, 0.05) is 6.42 Å². The van der Waals surface area contributed by atoms with Gasteiger partial charge in [0.25, 0.3) is 0 Å². The number of carbonyl (C=O) groups excluding carboxylic acids is 1. The topological polar surface area (TPSA) is 149 Å². The van der Waals surface area contributed by atoms with Crippen LogP contribution in [0.4, 0.5) is 0 Å². The highest BCUT2D eigenvalue weighted by Crippen LogP contribution is 2.23. The van der Waals surface area contributed by atoms with Gasteiger partial charge in [-0.2, -0.15) is 0 Å². The monoisotopic (exact) mass is 954 g/mol. The first-order valence-electron chi connectivity index (χ1n) is 27.8. The third kappa shape index (κ3) is 37.2. The van der Waals surface area contributed by atoms with Crippen molar-refractivity contribution in [3.8, 4) is 0 Å². The third-order valence-electron chi connectivity index (χ3n) is 12.8. The van der Waals surface area contributed by atoms with Crippen molar-refractivity contribution in [1.29, 1.82) is 0 Å². The van der Waals surface area contributed by atoms with E-state index in [2.05, 4.69) is 104 Å². The molecule has 1 rings (SSSR count). The molecule has 0 aromatic rings. The summed E-state index contributed by atoms with van der Waals surface area (Å²) in [5, 5.41) is 54.3. The van der Waals surface area contributed by atoms with Crippen molar-refractivity contribution in [3.63, 3.8) is 0 Å². The van der Waals surface area contributed by atoms with E-state index in [1.165, 1.54) is 116 Å². The lowest BCUT2D eigenvalue weighted by Crippen LogP contribution is -2.60. The van der Waals surface area contributed by atoms with E-state index < -0.39 is 49.5 Å². The van der Waals surface area contributed by atoms with E-state index in [1.807, 2.05) is 0 Å². The summed E-state index contributed by atoms with van der Waals surface area (Å²) >= 11 is 0. The minimum absolute atomic E-state index is 0.141. The normalized spacial score (nSPS) is 20.2. The molecule has 0 aromatic carbocycles. The standard InChI is InChI=1S/C59H103NO8/c1-3-5-7-9-11-13-14-15-16-17-18-19-20-21-22-23-24-25-26-27-28-29-30-31-32-33-34-35-36-37-38-39-40-41-43-45-47-49-55(63)60-52(53(62)48-46-44-42-12-10-8-6-4-2)51-67-59-58(66)57(65)56(64)54(50-61)68-59/h5,7,11,13,15-16,18-19,21-22,24-25,27-28,52-54,56-59,61-62,64-66H,3-4,6,8-10,12,14,17,20,23,26,29-51H2,1-2H3,(H,60,63)/b7-5-,13-11-,16-15-,19-18-,22-21-,25-24-,28-27-. The van der Waals surface area contributed by atoms with Crippen LogP contribution >= 0.6 is 0 Å². The maximum absolute atomic E-state index is 13.0. The van der Waals surface area contributed by atoms with Crippen molar-refractivity contribution in [2.75, 3.05) is 13.2 Å². The van der Waals surface area contributed by atoms with E-state index in [1.54, 1.807) is 0 Å². The number of aliphatic hydroxyl groups excluding tert-OH is 5. The summed E-state index contributed by atoms with van der Waals surface area (Å²) in [6, 6.07) is -0.719. The first-order chi connectivity index (χ1) is 33.3. The van der Waals surface area contributed by atoms with Gasteiger partial charge in [-0.1, -0.05) is 234 Å². The molecule has 0 spiro atoms. The molecule has 7 atom stereocenters. The molecule has 6 N–H and O–H groups in total. The number of carbonyl (C=O) groups is 1. The van der Waals surface area contributed by atoms with Gasteiger partial charge in [0.05, 0.1) is 25.4 Å². The molecular formula is C59H103NO8. The van der Waals surface area contributed by atoms with Crippen LogP contribution in [0.5, 0.6) is 0 Å². The first kappa shape index (κ1) is 63.4. The highest BCUT2D eigenvalue weighted by Gasteiger charge is 2.44. The fraction of sp³-hybridized carbons (Fsp3) is 0.746. The van der Waals surface area contributed by atoms with Crippen molar-refractivity contribution < 1.29 is 39.8 Å². The van der Waals surface area contributed by atoms with Gasteiger partial charge in [-0.3, -0.25) is 4.79 Å². The SMILES string of the molecule is CC/C=C\C/C=C\C/C=C\C/C=C\C/C=C\C/C=C\C/C=C\CCCCCCCCCCCCCCCCCC(=O)NC(COC1OC(CO)C(O)C(O)C1O)C(O)CCCCCCCCCC. The van der Waals surface area contributed by atoms with Crippen molar-refractivity contribution in [2.45, 2.75) is 269 Å². The maximum Gasteiger partial charge on any atom is 0.220 e. The molecule has 0 aromatic heterocycles. The quantitative estimate of drug-likeness (QED) is 0.0261. The molecule has 1 aliphatic heterocycles. The lowest BCUT2D eigenvalue weighted by atomic mass is 9.99. The minimum atomic E-state index is -1.55. The number of hydrogen-bond acceptors (Lipinski definition) is 8. The van der Waals surface area contributed by atoms with E-state index in [4.69, 9.17) is 9.47 Å². The lowest BCUT2D eigenvalue weighted by molar-refractivity contribution is -0.302. The zero-order valence-corrected chi connectivity index (χ0v) is 43.3. The van der Waals surface area contributed by atoms with Gasteiger partial charge in [0.2, 0.25) is 5.91 Å². The Kier molecular flexibility index (Phi) is 44.8. The number of aliphatic hydroxyl groups is 5. The second-order valence-corrected chi connectivity index (χ2v) is 19.0. The minimum Gasteiger partial charge on any atom is -0.394 e. The van der Waals surface area contributed by atoms with E-state index >= 15 is 0 Å². The summed E-state index contributed by atoms with van der Waals surface area (Å²) in [5.74, 6) is -0.150. The van der Waals surface area contributed by atoms with E-state index in [0.29, 0.717) is 12.8 Å². The second kappa shape index (κ2) is 48.0. The Balaban J connectivity index is 2.05. The van der Waals surface area contributed by atoms with Crippen molar-refractivity contribution >= 4 is 5.91 Å². The fourth-order valence-corrected chi connectivity index (χ4v) is 8.38. The number of amides is 1. The Morgan fingerprint density at radius 1 is 0.515 bits per heavy atom. The smallest absolute Gasteiger partial charge is 0.220 e. The fourth-order valence-electron chi connectivity index (χ4n) is 8.38. The van der Waals surface area contributed by atoms with Crippen molar-refractivity contribution in [1.82, 2.24) is 5.32 Å². The molecule has 0 aliphatic carbocycles. The molecular weight excluding hydrogens is 851 g/mol. The number of ether oxygens (including phenoxy) is 2. The summed E-state index contributed by atoms with van der Waals surface area (Å²) in [6.07, 6.45) is 60.7. The van der Waals surface area contributed by atoms with E-state index in [0.717, 1.165) is 83.5 Å². The van der Waals surface area contributed by atoms with Gasteiger partial charge in [-0.05, 0) is 70.6 Å². The third-order valence-corrected chi connectivity index (χ3v) is 12.8.